The second-order valence-electron chi connectivity index (χ2n) is 9.40. The molecule has 1 N–H and O–H groups in total. The number of rotatable bonds is 12. The predicted molar refractivity (Wildman–Crippen MR) is 100 cm³/mol. The van der Waals surface area contributed by atoms with E-state index in [0.29, 0.717) is 5.91 Å². The van der Waals surface area contributed by atoms with Crippen molar-refractivity contribution in [3.8, 4) is 0 Å². The molecule has 0 saturated heterocycles. The molecule has 0 aliphatic heterocycles. The van der Waals surface area contributed by atoms with Gasteiger partial charge in [0.2, 0.25) is 5.91 Å². The smallest absolute Gasteiger partial charge is 0.550 e. The van der Waals surface area contributed by atoms with Crippen LogP contribution in [0.4, 0.5) is 0 Å². The molecule has 4 bridgehead atoms. The van der Waals surface area contributed by atoms with Gasteiger partial charge in [0.1, 0.15) is 0 Å². The first kappa shape index (κ1) is 23.2. The molecule has 5 heteroatoms. The van der Waals surface area contributed by atoms with E-state index < -0.39 is 5.97 Å². The number of nitrogens with one attached hydrogen (secondary N) is 1. The monoisotopic (exact) mass is 385 g/mol. The van der Waals surface area contributed by atoms with Crippen LogP contribution < -0.4 is 40.0 Å². The van der Waals surface area contributed by atoms with Crippen LogP contribution in [0.2, 0.25) is 0 Å². The number of hydrogen-bond acceptors (Lipinski definition) is 3. The van der Waals surface area contributed by atoms with Gasteiger partial charge in [-0.3, -0.25) is 4.79 Å². The standard InChI is InChI=1S/C22H37NO3.Na/c24-20(25)9-7-5-3-1-2-4-6-8-10-23-21(26)22-14-17-11-18(15-22)13-19(12-17)16-22;/h17-19H,1-16H2,(H,23,26)(H,24,25);/q;+1/p-1. The van der Waals surface area contributed by atoms with Gasteiger partial charge in [0.25, 0.3) is 0 Å². The summed E-state index contributed by atoms with van der Waals surface area (Å²) in [5.74, 6) is 1.93. The molecule has 0 aromatic rings. The molecule has 0 spiro atoms. The molecule has 0 radical (unpaired) electrons. The summed E-state index contributed by atoms with van der Waals surface area (Å²) >= 11 is 0. The number of unbranched alkanes of at least 4 members (excludes halogenated alkanes) is 7. The molecule has 4 fully saturated rings. The van der Waals surface area contributed by atoms with Gasteiger partial charge in [-0.2, -0.15) is 0 Å². The number of amides is 1. The zero-order chi connectivity index (χ0) is 18.4. The van der Waals surface area contributed by atoms with Crippen LogP contribution in [-0.2, 0) is 9.59 Å². The van der Waals surface area contributed by atoms with E-state index in [1.54, 1.807) is 0 Å². The summed E-state index contributed by atoms with van der Waals surface area (Å²) in [7, 11) is 0. The predicted octanol–water partition coefficient (Wildman–Crippen LogP) is 0.584. The normalized spacial score (nSPS) is 30.7. The molecule has 4 aliphatic carbocycles. The van der Waals surface area contributed by atoms with Crippen molar-refractivity contribution in [2.75, 3.05) is 6.54 Å². The maximum absolute atomic E-state index is 12.8. The summed E-state index contributed by atoms with van der Waals surface area (Å²) in [4.78, 5) is 23.1. The molecule has 27 heavy (non-hydrogen) atoms. The van der Waals surface area contributed by atoms with Crippen LogP contribution in [0.15, 0.2) is 0 Å². The van der Waals surface area contributed by atoms with Gasteiger partial charge >= 0.3 is 29.6 Å². The molecule has 4 rings (SSSR count). The van der Waals surface area contributed by atoms with Crippen molar-refractivity contribution < 1.29 is 44.3 Å². The first-order valence-electron chi connectivity index (χ1n) is 11.1. The van der Waals surface area contributed by atoms with Gasteiger partial charge < -0.3 is 15.2 Å². The molecule has 0 aromatic heterocycles. The van der Waals surface area contributed by atoms with E-state index in [1.807, 2.05) is 0 Å². The second kappa shape index (κ2) is 11.2. The fraction of sp³-hybridized carbons (Fsp3) is 0.909. The summed E-state index contributed by atoms with van der Waals surface area (Å²) in [6.07, 6.45) is 16.6. The summed E-state index contributed by atoms with van der Waals surface area (Å²) in [5.41, 5.74) is 0.000220. The van der Waals surface area contributed by atoms with Crippen molar-refractivity contribution in [2.45, 2.75) is 96.3 Å². The molecule has 0 heterocycles. The Hall–Kier alpha value is -0.0600. The Kier molecular flexibility index (Phi) is 9.64. The Morgan fingerprint density at radius 3 is 1.70 bits per heavy atom. The van der Waals surface area contributed by atoms with Crippen LogP contribution in [-0.4, -0.2) is 18.4 Å². The quantitative estimate of drug-likeness (QED) is 0.395. The van der Waals surface area contributed by atoms with Crippen LogP contribution >= 0.6 is 0 Å². The Labute approximate surface area is 186 Å². The van der Waals surface area contributed by atoms with E-state index in [4.69, 9.17) is 0 Å². The minimum absolute atomic E-state index is 0. The summed E-state index contributed by atoms with van der Waals surface area (Å²) in [6.45, 7) is 0.839. The van der Waals surface area contributed by atoms with Crippen LogP contribution in [0, 0.1) is 23.2 Å². The minimum atomic E-state index is -0.930. The van der Waals surface area contributed by atoms with Crippen LogP contribution in [0.5, 0.6) is 0 Å². The number of aliphatic carboxylic acids is 1. The number of carboxylic acid groups (broad SMARTS) is 1. The fourth-order valence-electron chi connectivity index (χ4n) is 6.23. The third-order valence-electron chi connectivity index (χ3n) is 7.11. The average Bonchev–Trinajstić information content (AvgIpc) is 2.58. The number of carbonyl (C=O) groups is 2. The largest absolute Gasteiger partial charge is 1.00 e. The van der Waals surface area contributed by atoms with Crippen LogP contribution in [0.1, 0.15) is 96.3 Å². The van der Waals surface area contributed by atoms with Crippen LogP contribution in [0.3, 0.4) is 0 Å². The first-order valence-corrected chi connectivity index (χ1v) is 11.1. The Morgan fingerprint density at radius 2 is 1.22 bits per heavy atom. The maximum atomic E-state index is 12.8. The molecule has 0 atom stereocenters. The zero-order valence-corrected chi connectivity index (χ0v) is 19.3. The number of carboxylic acids is 1. The van der Waals surface area contributed by atoms with Gasteiger partial charge in [0.15, 0.2) is 0 Å². The Balaban J connectivity index is 0.00000261. The van der Waals surface area contributed by atoms with E-state index in [9.17, 15) is 14.7 Å². The molecular formula is C22H36NNaO3. The molecular weight excluding hydrogens is 349 g/mol. The number of hydrogen-bond donors (Lipinski definition) is 1. The van der Waals surface area contributed by atoms with Gasteiger partial charge in [-0.25, -0.2) is 0 Å². The summed E-state index contributed by atoms with van der Waals surface area (Å²) in [5, 5.41) is 13.6. The van der Waals surface area contributed by atoms with Crippen molar-refractivity contribution in [1.82, 2.24) is 5.32 Å². The zero-order valence-electron chi connectivity index (χ0n) is 17.3. The SMILES string of the molecule is O=C([O-])CCCCCCCCCCNC(=O)C12CC3CC(CC(C3)C1)C2.[Na+]. The van der Waals surface area contributed by atoms with E-state index >= 15 is 0 Å². The molecule has 0 unspecified atom stereocenters. The van der Waals surface area contributed by atoms with Gasteiger partial charge in [0.05, 0.1) is 0 Å². The van der Waals surface area contributed by atoms with Gasteiger partial charge in [-0.15, -0.1) is 0 Å². The fourth-order valence-corrected chi connectivity index (χ4v) is 6.23. The van der Waals surface area contributed by atoms with E-state index in [2.05, 4.69) is 5.32 Å². The molecule has 4 aliphatic rings. The third kappa shape index (κ3) is 6.75. The first-order chi connectivity index (χ1) is 12.6. The molecule has 4 saturated carbocycles. The van der Waals surface area contributed by atoms with Gasteiger partial charge in [-0.1, -0.05) is 38.5 Å². The Bertz CT molecular complexity index is 459. The van der Waals surface area contributed by atoms with Gasteiger partial charge in [-0.05, 0) is 75.5 Å². The second-order valence-corrected chi connectivity index (χ2v) is 9.40. The van der Waals surface area contributed by atoms with Crippen molar-refractivity contribution in [1.29, 1.82) is 0 Å². The Morgan fingerprint density at radius 1 is 0.778 bits per heavy atom. The summed E-state index contributed by atoms with van der Waals surface area (Å²) < 4.78 is 0. The van der Waals surface area contributed by atoms with Crippen LogP contribution in [0.25, 0.3) is 0 Å². The number of carbonyl (C=O) groups excluding carboxylic acids is 2. The summed E-state index contributed by atoms with van der Waals surface area (Å²) in [6, 6.07) is 0. The molecule has 1 amide bonds. The maximum Gasteiger partial charge on any atom is 1.00 e. The van der Waals surface area contributed by atoms with Crippen molar-refractivity contribution in [3.05, 3.63) is 0 Å². The average molecular weight is 386 g/mol. The molecule has 4 nitrogen and oxygen atoms in total. The van der Waals surface area contributed by atoms with Gasteiger partial charge in [0, 0.05) is 17.9 Å². The van der Waals surface area contributed by atoms with E-state index in [1.165, 1.54) is 44.9 Å². The van der Waals surface area contributed by atoms with E-state index in [0.717, 1.165) is 69.2 Å². The van der Waals surface area contributed by atoms with E-state index in [-0.39, 0.29) is 41.4 Å². The third-order valence-corrected chi connectivity index (χ3v) is 7.11. The van der Waals surface area contributed by atoms with Crippen molar-refractivity contribution >= 4 is 11.9 Å². The van der Waals surface area contributed by atoms with Crippen molar-refractivity contribution in [3.63, 3.8) is 0 Å². The molecule has 148 valence electrons. The minimum Gasteiger partial charge on any atom is -0.550 e. The van der Waals surface area contributed by atoms with Crippen molar-refractivity contribution in [2.24, 2.45) is 23.2 Å². The molecule has 0 aromatic carbocycles. The topological polar surface area (TPSA) is 69.2 Å².